The predicted octanol–water partition coefficient (Wildman–Crippen LogP) is 2.60. The summed E-state index contributed by atoms with van der Waals surface area (Å²) in [5, 5.41) is 9.13. The molecule has 0 saturated carbocycles. The van der Waals surface area contributed by atoms with Crippen LogP contribution >= 0.6 is 27.3 Å². The highest BCUT2D eigenvalue weighted by molar-refractivity contribution is 9.11. The van der Waals surface area contributed by atoms with E-state index < -0.39 is 22.0 Å². The smallest absolute Gasteiger partial charge is 0.322 e. The minimum absolute atomic E-state index is 0.124. The Kier molecular flexibility index (Phi) is 5.54. The number of carbonyl (C=O) groups is 1. The Labute approximate surface area is 125 Å². The Morgan fingerprint density at radius 2 is 2.16 bits per heavy atom. The molecular formula is C11H16BrNO4S2. The number of carboxylic acids is 1. The lowest BCUT2D eigenvalue weighted by molar-refractivity contribution is -0.140. The fourth-order valence-electron chi connectivity index (χ4n) is 1.57. The van der Waals surface area contributed by atoms with Gasteiger partial charge in [-0.25, -0.2) is 8.42 Å². The predicted molar refractivity (Wildman–Crippen MR) is 78.0 cm³/mol. The molecule has 108 valence electrons. The van der Waals surface area contributed by atoms with E-state index in [1.165, 1.54) is 17.4 Å². The Bertz CT molecular complexity index is 567. The van der Waals surface area contributed by atoms with Crippen LogP contribution in [0.4, 0.5) is 0 Å². The maximum absolute atomic E-state index is 12.2. The minimum Gasteiger partial charge on any atom is -0.480 e. The molecule has 0 aliphatic carbocycles. The fraction of sp³-hybridized carbons (Fsp3) is 0.545. The zero-order chi connectivity index (χ0) is 14.8. The summed E-state index contributed by atoms with van der Waals surface area (Å²) >= 11 is 4.52. The van der Waals surface area contributed by atoms with Gasteiger partial charge >= 0.3 is 5.97 Å². The SMILES string of the molecule is CCC(C)C(NS(=O)(=O)c1cc(Br)sc1C)C(=O)O. The van der Waals surface area contributed by atoms with E-state index in [2.05, 4.69) is 20.7 Å². The van der Waals surface area contributed by atoms with E-state index >= 15 is 0 Å². The third-order valence-corrected chi connectivity index (χ3v) is 6.14. The van der Waals surface area contributed by atoms with Crippen molar-refractivity contribution in [2.45, 2.75) is 38.1 Å². The van der Waals surface area contributed by atoms with Gasteiger partial charge in [0.1, 0.15) is 6.04 Å². The second-order valence-corrected chi connectivity index (χ2v) is 8.61. The van der Waals surface area contributed by atoms with E-state index in [0.717, 1.165) is 0 Å². The molecule has 1 heterocycles. The summed E-state index contributed by atoms with van der Waals surface area (Å²) in [5.74, 6) is -1.44. The zero-order valence-electron chi connectivity index (χ0n) is 10.8. The summed E-state index contributed by atoms with van der Waals surface area (Å²) in [5.41, 5.74) is 0. The first-order chi connectivity index (χ1) is 8.69. The number of sulfonamides is 1. The van der Waals surface area contributed by atoms with Gasteiger partial charge in [0.15, 0.2) is 0 Å². The van der Waals surface area contributed by atoms with Gasteiger partial charge in [-0.1, -0.05) is 20.3 Å². The van der Waals surface area contributed by atoms with Gasteiger partial charge < -0.3 is 5.11 Å². The number of hydrogen-bond acceptors (Lipinski definition) is 4. The van der Waals surface area contributed by atoms with Crippen LogP contribution in [0.3, 0.4) is 0 Å². The van der Waals surface area contributed by atoms with Crippen LogP contribution in [-0.2, 0) is 14.8 Å². The van der Waals surface area contributed by atoms with Crippen LogP contribution < -0.4 is 4.72 Å². The molecule has 1 rings (SSSR count). The van der Waals surface area contributed by atoms with Gasteiger partial charge in [0.2, 0.25) is 10.0 Å². The van der Waals surface area contributed by atoms with Crippen molar-refractivity contribution in [2.75, 3.05) is 0 Å². The lowest BCUT2D eigenvalue weighted by Gasteiger charge is -2.19. The first-order valence-corrected chi connectivity index (χ1v) is 8.79. The van der Waals surface area contributed by atoms with Gasteiger partial charge in [0.25, 0.3) is 0 Å². The largest absolute Gasteiger partial charge is 0.480 e. The van der Waals surface area contributed by atoms with Crippen molar-refractivity contribution in [3.05, 3.63) is 14.7 Å². The normalized spacial score (nSPS) is 15.2. The van der Waals surface area contributed by atoms with Crippen LogP contribution in [0.5, 0.6) is 0 Å². The Balaban J connectivity index is 3.08. The molecule has 2 N–H and O–H groups in total. The Hall–Kier alpha value is -0.440. The number of hydrogen-bond donors (Lipinski definition) is 2. The highest BCUT2D eigenvalue weighted by atomic mass is 79.9. The molecule has 8 heteroatoms. The summed E-state index contributed by atoms with van der Waals surface area (Å²) in [4.78, 5) is 11.9. The van der Waals surface area contributed by atoms with E-state index in [-0.39, 0.29) is 10.8 Å². The Morgan fingerprint density at radius 3 is 2.53 bits per heavy atom. The first kappa shape index (κ1) is 16.6. The van der Waals surface area contributed by atoms with Crippen molar-refractivity contribution in [1.82, 2.24) is 4.72 Å². The standard InChI is InChI=1S/C11H16BrNO4S2/c1-4-6(2)10(11(14)15)13-19(16,17)8-5-9(12)18-7(8)3/h5-6,10,13H,4H2,1-3H3,(H,14,15). The van der Waals surface area contributed by atoms with Crippen LogP contribution in [0, 0.1) is 12.8 Å². The number of aryl methyl sites for hydroxylation is 1. The molecular weight excluding hydrogens is 354 g/mol. The van der Waals surface area contributed by atoms with Gasteiger partial charge in [-0.3, -0.25) is 4.79 Å². The van der Waals surface area contributed by atoms with Gasteiger partial charge in [-0.2, -0.15) is 4.72 Å². The van der Waals surface area contributed by atoms with Gasteiger partial charge in [-0.05, 0) is 34.8 Å². The number of thiophene rings is 1. The molecule has 0 aliphatic heterocycles. The van der Waals surface area contributed by atoms with Crippen LogP contribution in [0.25, 0.3) is 0 Å². The minimum atomic E-state index is -3.82. The topological polar surface area (TPSA) is 83.5 Å². The van der Waals surface area contributed by atoms with Crippen LogP contribution in [0.2, 0.25) is 0 Å². The summed E-state index contributed by atoms with van der Waals surface area (Å²) in [6.07, 6.45) is 0.575. The van der Waals surface area contributed by atoms with Gasteiger partial charge in [0.05, 0.1) is 8.68 Å². The maximum atomic E-state index is 12.2. The molecule has 0 spiro atoms. The molecule has 0 bridgehead atoms. The van der Waals surface area contributed by atoms with Gasteiger partial charge in [0, 0.05) is 4.88 Å². The number of carboxylic acid groups (broad SMARTS) is 1. The van der Waals surface area contributed by atoms with E-state index in [1.807, 2.05) is 6.92 Å². The van der Waals surface area contributed by atoms with Crippen molar-refractivity contribution in [3.8, 4) is 0 Å². The summed E-state index contributed by atoms with van der Waals surface area (Å²) < 4.78 is 27.4. The molecule has 1 aromatic heterocycles. The number of nitrogens with one attached hydrogen (secondary N) is 1. The van der Waals surface area contributed by atoms with Crippen molar-refractivity contribution >= 4 is 43.3 Å². The quantitative estimate of drug-likeness (QED) is 0.806. The molecule has 0 amide bonds. The lowest BCUT2D eigenvalue weighted by atomic mass is 10.0. The zero-order valence-corrected chi connectivity index (χ0v) is 14.0. The van der Waals surface area contributed by atoms with Crippen LogP contribution in [0.15, 0.2) is 14.7 Å². The van der Waals surface area contributed by atoms with E-state index in [1.54, 1.807) is 13.8 Å². The van der Waals surface area contributed by atoms with Crippen molar-refractivity contribution in [3.63, 3.8) is 0 Å². The van der Waals surface area contributed by atoms with Crippen molar-refractivity contribution in [1.29, 1.82) is 0 Å². The molecule has 0 aliphatic rings. The highest BCUT2D eigenvalue weighted by Crippen LogP contribution is 2.30. The Morgan fingerprint density at radius 1 is 1.58 bits per heavy atom. The number of rotatable bonds is 6. The molecule has 0 saturated heterocycles. The molecule has 0 fully saturated rings. The maximum Gasteiger partial charge on any atom is 0.322 e. The van der Waals surface area contributed by atoms with Crippen LogP contribution in [-0.4, -0.2) is 25.5 Å². The highest BCUT2D eigenvalue weighted by Gasteiger charge is 2.30. The number of aliphatic carboxylic acids is 1. The molecule has 0 aromatic carbocycles. The average Bonchev–Trinajstić information content (AvgIpc) is 2.65. The molecule has 2 atom stereocenters. The monoisotopic (exact) mass is 369 g/mol. The summed E-state index contributed by atoms with van der Waals surface area (Å²) in [6.45, 7) is 5.21. The second-order valence-electron chi connectivity index (χ2n) is 4.29. The lowest BCUT2D eigenvalue weighted by Crippen LogP contribution is -2.44. The molecule has 5 nitrogen and oxygen atoms in total. The van der Waals surface area contributed by atoms with Gasteiger partial charge in [-0.15, -0.1) is 11.3 Å². The van der Waals surface area contributed by atoms with E-state index in [4.69, 9.17) is 5.11 Å². The van der Waals surface area contributed by atoms with Crippen molar-refractivity contribution < 1.29 is 18.3 Å². The molecule has 19 heavy (non-hydrogen) atoms. The number of halogens is 1. The van der Waals surface area contributed by atoms with Crippen LogP contribution in [0.1, 0.15) is 25.1 Å². The summed E-state index contributed by atoms with van der Waals surface area (Å²) in [6, 6.07) is 0.366. The third kappa shape index (κ3) is 4.01. The fourth-order valence-corrected chi connectivity index (χ4v) is 5.29. The van der Waals surface area contributed by atoms with E-state index in [0.29, 0.717) is 15.1 Å². The first-order valence-electron chi connectivity index (χ1n) is 5.70. The second kappa shape index (κ2) is 6.34. The summed E-state index contributed by atoms with van der Waals surface area (Å²) in [7, 11) is -3.82. The molecule has 1 aromatic rings. The molecule has 0 radical (unpaired) electrons. The van der Waals surface area contributed by atoms with Crippen molar-refractivity contribution in [2.24, 2.45) is 5.92 Å². The van der Waals surface area contributed by atoms with E-state index in [9.17, 15) is 13.2 Å². The average molecular weight is 370 g/mol. The molecule has 2 unspecified atom stereocenters. The third-order valence-electron chi connectivity index (χ3n) is 2.89.